The number of carbonyl (C=O) groups is 3. The van der Waals surface area contributed by atoms with Crippen LogP contribution < -0.4 is 20.7 Å². The van der Waals surface area contributed by atoms with Gasteiger partial charge in [0.1, 0.15) is 17.1 Å². The summed E-state index contributed by atoms with van der Waals surface area (Å²) in [6.07, 6.45) is 0.213. The lowest BCUT2D eigenvalue weighted by atomic mass is 9.95. The molecular weight excluding hydrogens is 507 g/mol. The minimum absolute atomic E-state index is 0.0208. The van der Waals surface area contributed by atoms with E-state index in [0.717, 1.165) is 32.0 Å². The molecule has 0 saturated carbocycles. The second-order valence-electron chi connectivity index (χ2n) is 9.93. The maximum absolute atomic E-state index is 14.9. The zero-order valence-corrected chi connectivity index (χ0v) is 22.1. The predicted molar refractivity (Wildman–Crippen MR) is 141 cm³/mol. The topological polar surface area (TPSA) is 134 Å². The summed E-state index contributed by atoms with van der Waals surface area (Å²) in [6, 6.07) is 8.56. The number of likely N-dealkylation sites (N-methyl/N-ethyl adjacent to an activating group) is 1. The number of aromatic nitrogens is 1. The van der Waals surface area contributed by atoms with Crippen LogP contribution in [0.2, 0.25) is 0 Å². The van der Waals surface area contributed by atoms with Gasteiger partial charge in [0.15, 0.2) is 22.7 Å². The van der Waals surface area contributed by atoms with Crippen LogP contribution in [0, 0.1) is 5.82 Å². The number of piperazine rings is 1. The van der Waals surface area contributed by atoms with Crippen LogP contribution in [0.1, 0.15) is 35.5 Å². The Labute approximate surface area is 224 Å². The predicted octanol–water partition coefficient (Wildman–Crippen LogP) is 1.59. The number of carbonyl (C=O) groups excluding carboxylic acids is 3. The first kappa shape index (κ1) is 26.6. The number of pyridine rings is 1. The van der Waals surface area contributed by atoms with Gasteiger partial charge in [0.25, 0.3) is 11.8 Å². The molecule has 3 N–H and O–H groups in total. The number of furan rings is 1. The summed E-state index contributed by atoms with van der Waals surface area (Å²) in [5.41, 5.74) is 5.81. The van der Waals surface area contributed by atoms with E-state index < -0.39 is 23.2 Å². The molecule has 206 valence electrons. The molecule has 3 amide bonds. The number of halogens is 1. The van der Waals surface area contributed by atoms with Gasteiger partial charge in [0.2, 0.25) is 6.41 Å². The molecule has 0 bridgehead atoms. The van der Waals surface area contributed by atoms with Crippen molar-refractivity contribution in [3.05, 3.63) is 53.0 Å². The highest BCUT2D eigenvalue weighted by Crippen LogP contribution is 2.34. The molecule has 2 atom stereocenters. The molecule has 11 nitrogen and oxygen atoms in total. The van der Waals surface area contributed by atoms with E-state index in [-0.39, 0.29) is 36.6 Å². The molecule has 2 aliphatic rings. The Balaban J connectivity index is 1.45. The van der Waals surface area contributed by atoms with E-state index in [1.54, 1.807) is 18.2 Å². The van der Waals surface area contributed by atoms with E-state index in [1.165, 1.54) is 18.1 Å². The van der Waals surface area contributed by atoms with Crippen LogP contribution in [0.4, 0.5) is 10.2 Å². The molecule has 2 aromatic heterocycles. The quantitative estimate of drug-likeness (QED) is 0.410. The summed E-state index contributed by atoms with van der Waals surface area (Å²) in [7, 11) is 1.31. The molecule has 1 aromatic carbocycles. The lowest BCUT2D eigenvalue weighted by molar-refractivity contribution is -0.130. The van der Waals surface area contributed by atoms with Crippen molar-refractivity contribution >= 4 is 35.1 Å². The molecule has 4 heterocycles. The number of hydrogen-bond donors (Lipinski definition) is 2. The number of hydrogen-bond acceptors (Lipinski definition) is 9. The lowest BCUT2D eigenvalue weighted by Crippen LogP contribution is -2.57. The molecule has 1 saturated heterocycles. The third kappa shape index (κ3) is 4.59. The minimum atomic E-state index is -1.96. The fraction of sp³-hybridized carbons (Fsp3) is 0.407. The molecule has 5 rings (SSSR count). The number of anilines is 1. The highest BCUT2D eigenvalue weighted by atomic mass is 19.1. The second-order valence-corrected chi connectivity index (χ2v) is 9.93. The number of nitrogens with two attached hydrogens (primary N) is 1. The number of rotatable bonds is 8. The molecule has 2 aliphatic heterocycles. The number of fused-ring (bicyclic) bond motifs is 2. The van der Waals surface area contributed by atoms with Crippen molar-refractivity contribution in [3.8, 4) is 5.75 Å². The smallest absolute Gasteiger partial charge is 0.257 e. The second kappa shape index (κ2) is 10.3. The van der Waals surface area contributed by atoms with Gasteiger partial charge < -0.3 is 24.7 Å². The van der Waals surface area contributed by atoms with Gasteiger partial charge in [-0.15, -0.1) is 0 Å². The summed E-state index contributed by atoms with van der Waals surface area (Å²) in [5.74, 6) is -1.57. The molecule has 39 heavy (non-hydrogen) atoms. The molecular formula is C27H31FN6O5. The van der Waals surface area contributed by atoms with Crippen LogP contribution in [-0.2, 0) is 21.7 Å². The van der Waals surface area contributed by atoms with Gasteiger partial charge in [0, 0.05) is 38.3 Å². The molecule has 12 heteroatoms. The molecule has 3 aromatic rings. The van der Waals surface area contributed by atoms with Gasteiger partial charge in [-0.05, 0) is 37.2 Å². The Hall–Kier alpha value is -4.03. The average molecular weight is 539 g/mol. The maximum Gasteiger partial charge on any atom is 0.257 e. The van der Waals surface area contributed by atoms with Crippen molar-refractivity contribution in [1.82, 2.24) is 20.1 Å². The largest absolute Gasteiger partial charge is 0.494 e. The summed E-state index contributed by atoms with van der Waals surface area (Å²) in [4.78, 5) is 48.0. The number of nitrogens with zero attached hydrogens (tertiary/aromatic N) is 4. The molecule has 0 unspecified atom stereocenters. The van der Waals surface area contributed by atoms with Crippen molar-refractivity contribution in [3.63, 3.8) is 0 Å². The highest BCUT2D eigenvalue weighted by Gasteiger charge is 2.45. The van der Waals surface area contributed by atoms with Gasteiger partial charge in [-0.1, -0.05) is 13.0 Å². The Morgan fingerprint density at radius 2 is 2.13 bits per heavy atom. The van der Waals surface area contributed by atoms with Crippen LogP contribution in [0.5, 0.6) is 5.75 Å². The molecule has 0 aliphatic carbocycles. The standard InChI is InChI=1S/C27H31FN6O5/c1-4-32-9-10-33(12-16(32)2)22-8-7-19-18(31-22)11-21(39-19)27(29,26(37)30-15-35)14-34-13-17-5-6-20(38-3)24(28)23(17)25(34)36/h5-8,11,15-16H,4,9-10,12-14,29H2,1-3H3,(H,30,35,37)/t16-,27+/m1/s1. The highest BCUT2D eigenvalue weighted by molar-refractivity contribution is 6.00. The van der Waals surface area contributed by atoms with Crippen molar-refractivity contribution < 1.29 is 27.9 Å². The zero-order chi connectivity index (χ0) is 27.9. The first-order valence-corrected chi connectivity index (χ1v) is 12.8. The Kier molecular flexibility index (Phi) is 7.00. The number of nitrogens with one attached hydrogen (secondary N) is 1. The van der Waals surface area contributed by atoms with E-state index in [1.807, 2.05) is 6.07 Å². The maximum atomic E-state index is 14.9. The van der Waals surface area contributed by atoms with E-state index >= 15 is 0 Å². The van der Waals surface area contributed by atoms with Crippen LogP contribution in [0.3, 0.4) is 0 Å². The van der Waals surface area contributed by atoms with Crippen molar-refractivity contribution in [1.29, 1.82) is 0 Å². The van der Waals surface area contributed by atoms with Crippen LogP contribution in [-0.4, -0.2) is 78.9 Å². The zero-order valence-electron chi connectivity index (χ0n) is 22.1. The van der Waals surface area contributed by atoms with Gasteiger partial charge in [-0.3, -0.25) is 24.6 Å². The number of imide groups is 1. The van der Waals surface area contributed by atoms with E-state index in [0.29, 0.717) is 22.7 Å². The van der Waals surface area contributed by atoms with Gasteiger partial charge in [-0.2, -0.15) is 0 Å². The lowest BCUT2D eigenvalue weighted by Gasteiger charge is -2.39. The summed E-state index contributed by atoms with van der Waals surface area (Å²) < 4.78 is 25.8. The summed E-state index contributed by atoms with van der Waals surface area (Å²) >= 11 is 0. The molecule has 1 fully saturated rings. The third-order valence-electron chi connectivity index (χ3n) is 7.60. The molecule has 0 radical (unpaired) electrons. The number of ether oxygens (including phenoxy) is 1. The number of benzene rings is 1. The normalized spacial score (nSPS) is 19.2. The Bertz CT molecular complexity index is 1440. The van der Waals surface area contributed by atoms with E-state index in [2.05, 4.69) is 29.0 Å². The van der Waals surface area contributed by atoms with E-state index in [4.69, 9.17) is 19.9 Å². The average Bonchev–Trinajstić information content (AvgIpc) is 3.50. The van der Waals surface area contributed by atoms with Crippen molar-refractivity contribution in [2.45, 2.75) is 32.0 Å². The summed E-state index contributed by atoms with van der Waals surface area (Å²) in [5, 5.41) is 2.08. The van der Waals surface area contributed by atoms with E-state index in [9.17, 15) is 18.8 Å². The fourth-order valence-corrected chi connectivity index (χ4v) is 5.41. The van der Waals surface area contributed by atoms with Crippen LogP contribution in [0.15, 0.2) is 34.7 Å². The monoisotopic (exact) mass is 538 g/mol. The molecule has 0 spiro atoms. The van der Waals surface area contributed by atoms with Gasteiger partial charge in [0.05, 0.1) is 19.2 Å². The van der Waals surface area contributed by atoms with Gasteiger partial charge >= 0.3 is 0 Å². The van der Waals surface area contributed by atoms with Crippen molar-refractivity contribution in [2.75, 3.05) is 44.7 Å². The Morgan fingerprint density at radius 1 is 1.33 bits per heavy atom. The third-order valence-corrected chi connectivity index (χ3v) is 7.60. The first-order valence-electron chi connectivity index (χ1n) is 12.8. The fourth-order valence-electron chi connectivity index (χ4n) is 5.41. The number of amides is 3. The van der Waals surface area contributed by atoms with Crippen LogP contribution >= 0.6 is 0 Å². The van der Waals surface area contributed by atoms with Crippen molar-refractivity contribution in [2.24, 2.45) is 5.73 Å². The summed E-state index contributed by atoms with van der Waals surface area (Å²) in [6.45, 7) is 7.52. The Morgan fingerprint density at radius 3 is 2.82 bits per heavy atom. The minimum Gasteiger partial charge on any atom is -0.494 e. The number of methoxy groups -OCH3 is 1. The van der Waals surface area contributed by atoms with Gasteiger partial charge in [-0.25, -0.2) is 9.37 Å². The SMILES string of the molecule is CCN1CCN(c2ccc3oc([C@@](N)(CN4Cc5ccc(OC)c(F)c5C4=O)C(=O)NC=O)cc3n2)C[C@H]1C. The van der Waals surface area contributed by atoms with Crippen LogP contribution in [0.25, 0.3) is 11.1 Å². The first-order chi connectivity index (χ1) is 18.7.